The molecule has 1 saturated carbocycles. The molecule has 0 amide bonds. The van der Waals surface area contributed by atoms with Gasteiger partial charge in [0.25, 0.3) is 0 Å². The number of hydroxylamine groups is 1. The Kier molecular flexibility index (Phi) is 4.62. The molecule has 2 nitrogen and oxygen atoms in total. The van der Waals surface area contributed by atoms with Crippen molar-refractivity contribution in [2.24, 2.45) is 5.92 Å². The molecule has 0 aromatic carbocycles. The van der Waals surface area contributed by atoms with E-state index in [0.29, 0.717) is 6.04 Å². The molecule has 1 fully saturated rings. The van der Waals surface area contributed by atoms with Crippen LogP contribution in [0.5, 0.6) is 0 Å². The number of rotatable bonds is 4. The van der Waals surface area contributed by atoms with Gasteiger partial charge in [-0.25, -0.2) is 5.48 Å². The Morgan fingerprint density at radius 2 is 2.00 bits per heavy atom. The molecule has 72 valence electrons. The third-order valence-corrected chi connectivity index (χ3v) is 2.73. The van der Waals surface area contributed by atoms with E-state index in [2.05, 4.69) is 12.4 Å². The lowest BCUT2D eigenvalue weighted by Gasteiger charge is -2.24. The molecule has 1 atom stereocenters. The zero-order chi connectivity index (χ0) is 8.81. The van der Waals surface area contributed by atoms with Gasteiger partial charge in [0.05, 0.1) is 7.11 Å². The highest BCUT2D eigenvalue weighted by molar-refractivity contribution is 4.69. The summed E-state index contributed by atoms with van der Waals surface area (Å²) in [6.45, 7) is 2.19. The van der Waals surface area contributed by atoms with E-state index in [9.17, 15) is 0 Å². The Morgan fingerprint density at radius 3 is 2.58 bits per heavy atom. The van der Waals surface area contributed by atoms with Gasteiger partial charge in [-0.3, -0.25) is 0 Å². The standard InChI is InChI=1S/C10H21NO/c1-9(11-12-2)8-10-6-4-3-5-7-10/h9-11H,3-8H2,1-2H3/t9-/m0/s1. The van der Waals surface area contributed by atoms with Gasteiger partial charge in [-0.2, -0.15) is 0 Å². The predicted molar refractivity (Wildman–Crippen MR) is 50.8 cm³/mol. The van der Waals surface area contributed by atoms with Crippen LogP contribution in [0.15, 0.2) is 0 Å². The van der Waals surface area contributed by atoms with Crippen LogP contribution in [-0.2, 0) is 4.84 Å². The number of hydrogen-bond donors (Lipinski definition) is 1. The van der Waals surface area contributed by atoms with Gasteiger partial charge in [0.2, 0.25) is 0 Å². The lowest BCUT2D eigenvalue weighted by molar-refractivity contribution is 0.0562. The maximum absolute atomic E-state index is 4.90. The molecule has 0 bridgehead atoms. The van der Waals surface area contributed by atoms with Crippen LogP contribution >= 0.6 is 0 Å². The molecule has 1 aliphatic rings. The number of hydrogen-bond acceptors (Lipinski definition) is 2. The van der Waals surface area contributed by atoms with Crippen LogP contribution in [0, 0.1) is 5.92 Å². The van der Waals surface area contributed by atoms with E-state index < -0.39 is 0 Å². The molecule has 0 saturated heterocycles. The smallest absolute Gasteiger partial charge is 0.0572 e. The lowest BCUT2D eigenvalue weighted by Crippen LogP contribution is -2.27. The zero-order valence-electron chi connectivity index (χ0n) is 8.31. The first-order chi connectivity index (χ1) is 5.83. The quantitative estimate of drug-likeness (QED) is 0.656. The van der Waals surface area contributed by atoms with E-state index in [1.54, 1.807) is 7.11 Å². The van der Waals surface area contributed by atoms with Crippen molar-refractivity contribution in [3.8, 4) is 0 Å². The van der Waals surface area contributed by atoms with E-state index >= 15 is 0 Å². The molecule has 1 aliphatic carbocycles. The van der Waals surface area contributed by atoms with Crippen molar-refractivity contribution in [1.82, 2.24) is 5.48 Å². The van der Waals surface area contributed by atoms with E-state index in [1.165, 1.54) is 38.5 Å². The van der Waals surface area contributed by atoms with E-state index in [-0.39, 0.29) is 0 Å². The Bertz CT molecular complexity index is 110. The first-order valence-corrected chi connectivity index (χ1v) is 5.11. The molecule has 0 spiro atoms. The van der Waals surface area contributed by atoms with Crippen molar-refractivity contribution in [3.63, 3.8) is 0 Å². The van der Waals surface area contributed by atoms with Crippen molar-refractivity contribution in [1.29, 1.82) is 0 Å². The third kappa shape index (κ3) is 3.55. The molecular weight excluding hydrogens is 150 g/mol. The highest BCUT2D eigenvalue weighted by Gasteiger charge is 2.15. The second kappa shape index (κ2) is 5.55. The van der Waals surface area contributed by atoms with Gasteiger partial charge in [0, 0.05) is 6.04 Å². The topological polar surface area (TPSA) is 21.3 Å². The zero-order valence-corrected chi connectivity index (χ0v) is 8.31. The second-order valence-corrected chi connectivity index (χ2v) is 3.96. The monoisotopic (exact) mass is 171 g/mol. The summed E-state index contributed by atoms with van der Waals surface area (Å²) in [4.78, 5) is 4.90. The molecule has 1 rings (SSSR count). The summed E-state index contributed by atoms with van der Waals surface area (Å²) in [5.74, 6) is 0.941. The van der Waals surface area contributed by atoms with Crippen LogP contribution < -0.4 is 5.48 Å². The molecule has 0 radical (unpaired) electrons. The third-order valence-electron chi connectivity index (χ3n) is 2.73. The predicted octanol–water partition coefficient (Wildman–Crippen LogP) is 2.50. The van der Waals surface area contributed by atoms with Crippen molar-refractivity contribution < 1.29 is 4.84 Å². The molecule has 0 aliphatic heterocycles. The van der Waals surface area contributed by atoms with Crippen LogP contribution in [0.1, 0.15) is 45.4 Å². The van der Waals surface area contributed by atoms with Crippen LogP contribution in [0.25, 0.3) is 0 Å². The van der Waals surface area contributed by atoms with Crippen molar-refractivity contribution in [2.45, 2.75) is 51.5 Å². The summed E-state index contributed by atoms with van der Waals surface area (Å²) in [6, 6.07) is 0.512. The minimum atomic E-state index is 0.512. The fourth-order valence-electron chi connectivity index (χ4n) is 2.17. The SMILES string of the molecule is CON[C@@H](C)CC1CCCCC1. The molecule has 0 aromatic rings. The Hall–Kier alpha value is -0.0800. The summed E-state index contributed by atoms with van der Waals surface area (Å²) in [5.41, 5.74) is 2.99. The largest absolute Gasteiger partial charge is 0.305 e. The first kappa shape index (κ1) is 10.0. The lowest BCUT2D eigenvalue weighted by atomic mass is 9.85. The van der Waals surface area contributed by atoms with Gasteiger partial charge < -0.3 is 4.84 Å². The molecule has 12 heavy (non-hydrogen) atoms. The minimum absolute atomic E-state index is 0.512. The van der Waals surface area contributed by atoms with Gasteiger partial charge >= 0.3 is 0 Å². The van der Waals surface area contributed by atoms with E-state index in [4.69, 9.17) is 4.84 Å². The highest BCUT2D eigenvalue weighted by atomic mass is 16.6. The van der Waals surface area contributed by atoms with Crippen molar-refractivity contribution in [2.75, 3.05) is 7.11 Å². The molecule has 2 heteroatoms. The Morgan fingerprint density at radius 1 is 1.33 bits per heavy atom. The van der Waals surface area contributed by atoms with Crippen LogP contribution in [0.3, 0.4) is 0 Å². The van der Waals surface area contributed by atoms with Crippen molar-refractivity contribution >= 4 is 0 Å². The molecule has 0 aromatic heterocycles. The summed E-state index contributed by atoms with van der Waals surface area (Å²) >= 11 is 0. The molecular formula is C10H21NO. The van der Waals surface area contributed by atoms with E-state index in [0.717, 1.165) is 5.92 Å². The fraction of sp³-hybridized carbons (Fsp3) is 1.00. The van der Waals surface area contributed by atoms with E-state index in [1.807, 2.05) is 0 Å². The molecule has 0 unspecified atom stereocenters. The maximum atomic E-state index is 4.90. The minimum Gasteiger partial charge on any atom is -0.305 e. The average Bonchev–Trinajstić information content (AvgIpc) is 2.06. The van der Waals surface area contributed by atoms with Gasteiger partial charge in [-0.1, -0.05) is 32.1 Å². The van der Waals surface area contributed by atoms with Gasteiger partial charge in [-0.15, -0.1) is 0 Å². The van der Waals surface area contributed by atoms with Crippen molar-refractivity contribution in [3.05, 3.63) is 0 Å². The summed E-state index contributed by atoms with van der Waals surface area (Å²) in [5, 5.41) is 0. The normalized spacial score (nSPS) is 22.5. The fourth-order valence-corrected chi connectivity index (χ4v) is 2.17. The van der Waals surface area contributed by atoms with Gasteiger partial charge in [0.15, 0.2) is 0 Å². The molecule has 1 N–H and O–H groups in total. The summed E-state index contributed by atoms with van der Waals surface area (Å²) < 4.78 is 0. The van der Waals surface area contributed by atoms with Gasteiger partial charge in [-0.05, 0) is 19.3 Å². The highest BCUT2D eigenvalue weighted by Crippen LogP contribution is 2.27. The average molecular weight is 171 g/mol. The second-order valence-electron chi connectivity index (χ2n) is 3.96. The first-order valence-electron chi connectivity index (χ1n) is 5.11. The summed E-state index contributed by atoms with van der Waals surface area (Å²) in [7, 11) is 1.69. The number of nitrogens with one attached hydrogen (secondary N) is 1. The molecule has 0 heterocycles. The van der Waals surface area contributed by atoms with Gasteiger partial charge in [0.1, 0.15) is 0 Å². The van der Waals surface area contributed by atoms with Crippen LogP contribution in [-0.4, -0.2) is 13.2 Å². The van der Waals surface area contributed by atoms with Crippen LogP contribution in [0.4, 0.5) is 0 Å². The maximum Gasteiger partial charge on any atom is 0.0572 e. The Balaban J connectivity index is 2.11. The Labute approximate surface area is 75.6 Å². The van der Waals surface area contributed by atoms with Crippen LogP contribution in [0.2, 0.25) is 0 Å². The summed E-state index contributed by atoms with van der Waals surface area (Å²) in [6.07, 6.45) is 8.44.